The van der Waals surface area contributed by atoms with Gasteiger partial charge in [0.15, 0.2) is 0 Å². The lowest BCUT2D eigenvalue weighted by Gasteiger charge is -2.26. The number of morpholine rings is 1. The van der Waals surface area contributed by atoms with Crippen molar-refractivity contribution in [3.8, 4) is 5.75 Å². The molecular formula is C18H24N2O4. The zero-order valence-electron chi connectivity index (χ0n) is 14.0. The van der Waals surface area contributed by atoms with E-state index in [0.29, 0.717) is 30.0 Å². The molecule has 1 saturated heterocycles. The van der Waals surface area contributed by atoms with Crippen LogP contribution in [0.5, 0.6) is 5.75 Å². The Morgan fingerprint density at radius 3 is 2.96 bits per heavy atom. The van der Waals surface area contributed by atoms with E-state index < -0.39 is 0 Å². The molecule has 0 aliphatic carbocycles. The molecule has 24 heavy (non-hydrogen) atoms. The Labute approximate surface area is 141 Å². The van der Waals surface area contributed by atoms with Gasteiger partial charge in [-0.05, 0) is 38.1 Å². The molecule has 0 atom stereocenters. The van der Waals surface area contributed by atoms with Crippen LogP contribution in [0.2, 0.25) is 0 Å². The van der Waals surface area contributed by atoms with Gasteiger partial charge in [0.2, 0.25) is 0 Å². The minimum absolute atomic E-state index is 0.101. The van der Waals surface area contributed by atoms with E-state index in [2.05, 4.69) is 10.2 Å². The van der Waals surface area contributed by atoms with E-state index in [0.717, 1.165) is 44.7 Å². The molecule has 1 aliphatic heterocycles. The molecule has 1 N–H and O–H groups in total. The largest absolute Gasteiger partial charge is 0.493 e. The van der Waals surface area contributed by atoms with Gasteiger partial charge >= 0.3 is 0 Å². The molecule has 0 saturated carbocycles. The van der Waals surface area contributed by atoms with Crippen LogP contribution in [0.25, 0.3) is 11.0 Å². The molecule has 2 aromatic rings. The summed E-state index contributed by atoms with van der Waals surface area (Å²) in [5.74, 6) is 0.582. The van der Waals surface area contributed by atoms with Crippen LogP contribution in [0.15, 0.2) is 28.9 Å². The van der Waals surface area contributed by atoms with Gasteiger partial charge in [-0.2, -0.15) is 0 Å². The van der Waals surface area contributed by atoms with Crippen molar-refractivity contribution < 1.29 is 18.7 Å². The van der Waals surface area contributed by atoms with Crippen LogP contribution in [0, 0.1) is 0 Å². The molecule has 0 unspecified atom stereocenters. The number of nitrogens with one attached hydrogen (secondary N) is 1. The predicted octanol–water partition coefficient (Wildman–Crippen LogP) is 2.28. The highest BCUT2D eigenvalue weighted by Crippen LogP contribution is 2.28. The van der Waals surface area contributed by atoms with Crippen LogP contribution in [0.4, 0.5) is 0 Å². The van der Waals surface area contributed by atoms with Gasteiger partial charge in [-0.15, -0.1) is 0 Å². The molecule has 0 radical (unpaired) electrons. The molecule has 1 aromatic heterocycles. The summed E-state index contributed by atoms with van der Waals surface area (Å²) in [6, 6.07) is 5.39. The third-order valence-electron chi connectivity index (χ3n) is 4.14. The summed E-state index contributed by atoms with van der Waals surface area (Å²) in [7, 11) is 0. The number of fused-ring (bicyclic) bond motifs is 1. The second-order valence-electron chi connectivity index (χ2n) is 5.80. The van der Waals surface area contributed by atoms with E-state index in [1.807, 2.05) is 13.0 Å². The fraction of sp³-hybridized carbons (Fsp3) is 0.500. The Hall–Kier alpha value is -2.05. The number of amides is 1. The third kappa shape index (κ3) is 4.07. The highest BCUT2D eigenvalue weighted by molar-refractivity contribution is 5.99. The summed E-state index contributed by atoms with van der Waals surface area (Å²) in [6.07, 6.45) is 2.53. The topological polar surface area (TPSA) is 63.9 Å². The first-order chi connectivity index (χ1) is 11.8. The monoisotopic (exact) mass is 332 g/mol. The Kier molecular flexibility index (Phi) is 5.72. The quantitative estimate of drug-likeness (QED) is 0.788. The van der Waals surface area contributed by atoms with Crippen LogP contribution in [0.3, 0.4) is 0 Å². The van der Waals surface area contributed by atoms with Crippen molar-refractivity contribution in [3.63, 3.8) is 0 Å². The molecular weight excluding hydrogens is 308 g/mol. The predicted molar refractivity (Wildman–Crippen MR) is 91.6 cm³/mol. The Balaban J connectivity index is 1.55. The Morgan fingerprint density at radius 2 is 2.17 bits per heavy atom. The van der Waals surface area contributed by atoms with Gasteiger partial charge < -0.3 is 19.2 Å². The van der Waals surface area contributed by atoms with Crippen molar-refractivity contribution >= 4 is 16.9 Å². The van der Waals surface area contributed by atoms with Crippen LogP contribution in [0.1, 0.15) is 23.7 Å². The van der Waals surface area contributed by atoms with Gasteiger partial charge in [-0.3, -0.25) is 9.69 Å². The van der Waals surface area contributed by atoms with E-state index >= 15 is 0 Å². The van der Waals surface area contributed by atoms with Gasteiger partial charge in [0.05, 0.1) is 31.5 Å². The summed E-state index contributed by atoms with van der Waals surface area (Å²) in [5, 5.41) is 3.86. The summed E-state index contributed by atoms with van der Waals surface area (Å²) in [5.41, 5.74) is 1.23. The average Bonchev–Trinajstić information content (AvgIpc) is 3.08. The van der Waals surface area contributed by atoms with Crippen molar-refractivity contribution in [2.45, 2.75) is 13.3 Å². The van der Waals surface area contributed by atoms with E-state index in [4.69, 9.17) is 13.9 Å². The zero-order valence-corrected chi connectivity index (χ0v) is 14.0. The number of furan rings is 1. The average molecular weight is 332 g/mol. The number of nitrogens with zero attached hydrogens (tertiary/aromatic N) is 1. The number of hydrogen-bond acceptors (Lipinski definition) is 5. The third-order valence-corrected chi connectivity index (χ3v) is 4.14. The molecule has 3 rings (SSSR count). The lowest BCUT2D eigenvalue weighted by molar-refractivity contribution is 0.0374. The number of ether oxygens (including phenoxy) is 2. The van der Waals surface area contributed by atoms with Crippen LogP contribution in [-0.4, -0.2) is 56.8 Å². The van der Waals surface area contributed by atoms with Gasteiger partial charge in [0, 0.05) is 25.2 Å². The SMILES string of the molecule is CCOc1cc(C(=O)NCCCN2CCOCC2)cc2occc12. The second-order valence-corrected chi connectivity index (χ2v) is 5.80. The van der Waals surface area contributed by atoms with Crippen molar-refractivity contribution in [1.82, 2.24) is 10.2 Å². The molecule has 1 aliphatic rings. The number of rotatable bonds is 7. The highest BCUT2D eigenvalue weighted by Gasteiger charge is 2.13. The molecule has 2 heterocycles. The summed E-state index contributed by atoms with van der Waals surface area (Å²) >= 11 is 0. The number of benzene rings is 1. The number of carbonyl (C=O) groups is 1. The first-order valence-corrected chi connectivity index (χ1v) is 8.50. The van der Waals surface area contributed by atoms with Crippen molar-refractivity contribution in [3.05, 3.63) is 30.0 Å². The number of carbonyl (C=O) groups excluding carboxylic acids is 1. The molecule has 130 valence electrons. The van der Waals surface area contributed by atoms with E-state index in [-0.39, 0.29) is 5.91 Å². The van der Waals surface area contributed by atoms with Gasteiger partial charge in [-0.25, -0.2) is 0 Å². The molecule has 6 heteroatoms. The van der Waals surface area contributed by atoms with Crippen molar-refractivity contribution in [2.75, 3.05) is 46.0 Å². The highest BCUT2D eigenvalue weighted by atomic mass is 16.5. The molecule has 0 bridgehead atoms. The van der Waals surface area contributed by atoms with E-state index in [1.54, 1.807) is 18.4 Å². The fourth-order valence-corrected chi connectivity index (χ4v) is 2.88. The minimum Gasteiger partial charge on any atom is -0.493 e. The molecule has 1 aromatic carbocycles. The summed E-state index contributed by atoms with van der Waals surface area (Å²) < 4.78 is 16.4. The van der Waals surface area contributed by atoms with Crippen LogP contribution < -0.4 is 10.1 Å². The second kappa shape index (κ2) is 8.17. The number of hydrogen-bond donors (Lipinski definition) is 1. The molecule has 1 fully saturated rings. The Bertz CT molecular complexity index is 677. The zero-order chi connectivity index (χ0) is 16.8. The lowest BCUT2D eigenvalue weighted by Crippen LogP contribution is -2.38. The molecule has 1 amide bonds. The van der Waals surface area contributed by atoms with E-state index in [9.17, 15) is 4.79 Å². The Morgan fingerprint density at radius 1 is 1.33 bits per heavy atom. The molecule has 6 nitrogen and oxygen atoms in total. The van der Waals surface area contributed by atoms with Crippen molar-refractivity contribution in [1.29, 1.82) is 0 Å². The maximum atomic E-state index is 12.4. The smallest absolute Gasteiger partial charge is 0.251 e. The van der Waals surface area contributed by atoms with Crippen LogP contribution >= 0.6 is 0 Å². The maximum absolute atomic E-state index is 12.4. The maximum Gasteiger partial charge on any atom is 0.251 e. The van der Waals surface area contributed by atoms with Gasteiger partial charge in [0.1, 0.15) is 11.3 Å². The first kappa shape index (κ1) is 16.8. The molecule has 0 spiro atoms. The standard InChI is InChI=1S/C18H24N2O4/c1-2-23-16-12-14(13-17-15(16)4-9-24-17)18(21)19-5-3-6-20-7-10-22-11-8-20/h4,9,12-13H,2-3,5-8,10-11H2,1H3,(H,19,21). The van der Waals surface area contributed by atoms with Gasteiger partial charge in [0.25, 0.3) is 5.91 Å². The fourth-order valence-electron chi connectivity index (χ4n) is 2.88. The van der Waals surface area contributed by atoms with Crippen molar-refractivity contribution in [2.24, 2.45) is 0 Å². The van der Waals surface area contributed by atoms with Crippen LogP contribution in [-0.2, 0) is 4.74 Å². The first-order valence-electron chi connectivity index (χ1n) is 8.50. The van der Waals surface area contributed by atoms with Gasteiger partial charge in [-0.1, -0.05) is 0 Å². The summed E-state index contributed by atoms with van der Waals surface area (Å²) in [6.45, 7) is 7.64. The normalized spacial score (nSPS) is 15.5. The minimum atomic E-state index is -0.101. The van der Waals surface area contributed by atoms with E-state index in [1.165, 1.54) is 0 Å². The lowest BCUT2D eigenvalue weighted by atomic mass is 10.1. The summed E-state index contributed by atoms with van der Waals surface area (Å²) in [4.78, 5) is 14.7.